The van der Waals surface area contributed by atoms with Crippen LogP contribution in [0, 0.1) is 23.7 Å². The predicted octanol–water partition coefficient (Wildman–Crippen LogP) is -8.85. The van der Waals surface area contributed by atoms with Crippen molar-refractivity contribution in [3.8, 4) is 0 Å². The first-order valence-corrected chi connectivity index (χ1v) is 49.0. The summed E-state index contributed by atoms with van der Waals surface area (Å²) < 4.78 is -0.253. The summed E-state index contributed by atoms with van der Waals surface area (Å²) in [5.74, 6) is -34.5. The lowest BCUT2D eigenvalue weighted by atomic mass is 9.95. The highest BCUT2D eigenvalue weighted by atomic mass is 32.2. The lowest BCUT2D eigenvalue weighted by molar-refractivity contribution is -0.886. The number of quaternary nitrogens is 1. The molecule has 4 fully saturated rings. The summed E-state index contributed by atoms with van der Waals surface area (Å²) in [6.45, 7) is 14.0. The molecular weight excluding hydrogens is 1880 g/mol. The third kappa shape index (κ3) is 36.5. The summed E-state index contributed by atoms with van der Waals surface area (Å²) in [4.78, 5) is 324. The number of carbonyl (C=O) groups is 22. The van der Waals surface area contributed by atoms with Crippen LogP contribution < -0.4 is 106 Å². The highest BCUT2D eigenvalue weighted by Crippen LogP contribution is 2.25. The fraction of sp³-hybridized carbons (Fsp3) is 0.678. The van der Waals surface area contributed by atoms with Crippen molar-refractivity contribution in [2.24, 2.45) is 23.7 Å². The maximum atomic E-state index is 16.1. The normalized spacial score (nSPS) is 29.6. The zero-order valence-electron chi connectivity index (χ0n) is 80.6. The molecule has 19 amide bonds. The number of benzene rings is 1. The standard InChI is InChI=1S/C87H137N21O28S3/c1-17-40(7)61-80(127)102-60(39(5)6)79(126)105-66-46(13)138-36-53-74(121)94-50(71(118)93-49(30-47-24-20-19-21-25-47)70(117)89-32-56(111)99-61)31-88-29-23-22-26-48(86(133)134)92-83(130)65-45(12)137-35-52(96-76(123)55(108(14,15)16)27-28-58(113)114)73(120)91-42(9)69(116)95-51(34-109)72(119)104-64(84(131)98-53)44(11)139-37-54(97-78(125)59(38(3)4)101-81(128)62(41(8)18-2)103-85(66)132)75(122)107-67(68(115)87(135)136)77(124)90-33-57(112)100-63(43(10)110)82(129)106-65/h19-21,24-25,38-46,48-55,59-68,88,109-110,115H,17-18,22-23,26-37H2,1-16H3,(H21-,89,90,91,92,93,94,95,96,97,98,99,100,101,102,103,104,105,106,107,111,112,113,114,116,117,118,119,120,121,122,123,124,125,126,127,128,129,130,131,132,133,134,135,136)/p+1/t40-,41-,42-,43+,44-,45-,46-,48-,49-,50-,51-,52-,53-,54-,55-,59-,60-,61-,62-,63-,64+,65+,66+,67-,68+/m0/s1. The second-order valence-electron chi connectivity index (χ2n) is 36.5. The summed E-state index contributed by atoms with van der Waals surface area (Å²) in [6, 6.07) is -26.2. The molecule has 0 aromatic heterocycles. The van der Waals surface area contributed by atoms with Gasteiger partial charge in [-0.2, -0.15) is 35.3 Å². The van der Waals surface area contributed by atoms with Gasteiger partial charge >= 0.3 is 17.9 Å². The fourth-order valence-corrected chi connectivity index (χ4v) is 18.1. The fourth-order valence-electron chi connectivity index (χ4n) is 14.8. The van der Waals surface area contributed by atoms with Crippen LogP contribution in [0.2, 0.25) is 0 Å². The van der Waals surface area contributed by atoms with E-state index >= 15 is 47.9 Å². The summed E-state index contributed by atoms with van der Waals surface area (Å²) in [7, 11) is 4.59. The molecule has 4 aliphatic rings. The van der Waals surface area contributed by atoms with Gasteiger partial charge in [-0.15, -0.1) is 0 Å². The van der Waals surface area contributed by atoms with Gasteiger partial charge in [0.2, 0.25) is 106 Å². The first-order chi connectivity index (χ1) is 65.1. The van der Waals surface area contributed by atoms with Gasteiger partial charge in [-0.3, -0.25) is 95.9 Å². The van der Waals surface area contributed by atoms with E-state index in [1.807, 2.05) is 10.6 Å². The van der Waals surface area contributed by atoms with Crippen LogP contribution in [0.15, 0.2) is 30.3 Å². The number of nitrogens with zero attached hydrogens (tertiary/aromatic N) is 1. The van der Waals surface area contributed by atoms with E-state index < -0.39 is 347 Å². The van der Waals surface area contributed by atoms with E-state index in [0.29, 0.717) is 40.8 Å². The molecule has 4 aliphatic heterocycles. The van der Waals surface area contributed by atoms with Crippen LogP contribution in [0.25, 0.3) is 0 Å². The Balaban J connectivity index is 2.00. The van der Waals surface area contributed by atoms with Gasteiger partial charge in [0, 0.05) is 52.4 Å². The van der Waals surface area contributed by atoms with Crippen molar-refractivity contribution < 1.29 is 141 Å². The van der Waals surface area contributed by atoms with Crippen LogP contribution >= 0.6 is 35.3 Å². The molecular formula is C87H138N21O28S3+. The Morgan fingerprint density at radius 3 is 1.37 bits per heavy atom. The number of hydrogen-bond donors (Lipinski definition) is 26. The number of carboxylic acids is 3. The zero-order chi connectivity index (χ0) is 104. The number of thioether (sulfide) groups is 3. The van der Waals surface area contributed by atoms with Crippen LogP contribution in [0.5, 0.6) is 0 Å². The minimum Gasteiger partial charge on any atom is -0.481 e. The largest absolute Gasteiger partial charge is 0.481 e. The quantitative estimate of drug-likeness (QED) is 0.0452. The number of rotatable bonds is 19. The molecule has 0 aliphatic carbocycles. The highest BCUT2D eigenvalue weighted by molar-refractivity contribution is 8.00. The maximum absolute atomic E-state index is 16.1. The SMILES string of the molecule is CC[C@H](C)[C@@H]1NC(=O)CNC(=O)[C@H](Cc2ccccc2)NC(=O)[C@@H]2CNCCCC[C@@H](C(=O)O)NC(=O)[C@@H]3NC(=O)[C@H]([C@@H](C)O)NC(=O)CNC(=O)[C@H]([C@@H](O)C(=O)O)NC(=O)[C@@H]4CS[C@@H](C)[C@@H](NC(=O)[C@H](CO)NC(=O)[C@H](C)NC(=O)[C@@H](NC(=O)[C@H](CCC(=O)O)[N+](C)(C)C)CS[C@H]3C)C(=O)N[C@@H](CS[C@@H](C)[C@@H](NC(=O)[C@H](C(C)C)NC1=O)C(=O)N[C@@H]([C@@H](C)CC)C(=O)N[C@@H](C(C)C)C(=O)N4)C(=O)N2. The monoisotopic (exact) mass is 2020 g/mol. The molecule has 776 valence electrons. The Morgan fingerprint density at radius 2 is 0.878 bits per heavy atom. The molecule has 0 unspecified atom stereocenters. The van der Waals surface area contributed by atoms with Crippen LogP contribution in [-0.2, 0) is 112 Å². The Bertz CT molecular complexity index is 4560. The average molecular weight is 2020 g/mol. The molecule has 0 radical (unpaired) electrons. The topological polar surface area (TPSA) is 738 Å². The van der Waals surface area contributed by atoms with E-state index in [4.69, 9.17) is 0 Å². The third-order valence-electron chi connectivity index (χ3n) is 23.8. The minimum absolute atomic E-state index is 0.0535. The molecule has 6 bridgehead atoms. The molecule has 1 aromatic rings. The lowest BCUT2D eigenvalue weighted by Crippen LogP contribution is -2.64. The lowest BCUT2D eigenvalue weighted by Gasteiger charge is -2.34. The van der Waals surface area contributed by atoms with Gasteiger partial charge in [-0.1, -0.05) is 119 Å². The average Bonchev–Trinajstić information content (AvgIpc) is 0.804. The molecule has 4 saturated heterocycles. The van der Waals surface area contributed by atoms with Gasteiger partial charge in [0.1, 0.15) is 103 Å². The van der Waals surface area contributed by atoms with E-state index in [1.54, 1.807) is 51.1 Å². The third-order valence-corrected chi connectivity index (χ3v) is 27.8. The molecule has 139 heavy (non-hydrogen) atoms. The Labute approximate surface area is 817 Å². The first-order valence-electron chi connectivity index (χ1n) is 45.9. The number of carbonyl (C=O) groups excluding carboxylic acids is 19. The van der Waals surface area contributed by atoms with Crippen LogP contribution in [0.1, 0.15) is 141 Å². The van der Waals surface area contributed by atoms with E-state index in [1.165, 1.54) is 76.5 Å². The second kappa shape index (κ2) is 56.0. The summed E-state index contributed by atoms with van der Waals surface area (Å²) in [5, 5.41) is 110. The van der Waals surface area contributed by atoms with Crippen LogP contribution in [0.3, 0.4) is 0 Å². The van der Waals surface area contributed by atoms with E-state index in [0.717, 1.165) is 13.8 Å². The Hall–Kier alpha value is -11.6. The number of amides is 19. The van der Waals surface area contributed by atoms with Gasteiger partial charge in [-0.25, -0.2) is 9.59 Å². The van der Waals surface area contributed by atoms with Crippen molar-refractivity contribution in [3.05, 3.63) is 35.9 Å². The summed E-state index contributed by atoms with van der Waals surface area (Å²) in [6.07, 6.45) is -6.46. The van der Waals surface area contributed by atoms with E-state index in [-0.39, 0.29) is 49.6 Å². The first kappa shape index (κ1) is 118. The number of aliphatic hydroxyl groups is 3. The molecule has 26 N–H and O–H groups in total. The van der Waals surface area contributed by atoms with Crippen molar-refractivity contribution >= 4 is 165 Å². The van der Waals surface area contributed by atoms with Crippen molar-refractivity contribution in [3.63, 3.8) is 0 Å². The number of aliphatic carboxylic acids is 3. The number of hydrogen-bond acceptors (Lipinski definition) is 29. The zero-order valence-corrected chi connectivity index (χ0v) is 83.1. The number of nitrogens with one attached hydrogen (secondary N) is 20. The van der Waals surface area contributed by atoms with Gasteiger partial charge in [0.25, 0.3) is 5.91 Å². The number of carboxylic acid groups (broad SMARTS) is 3. The number of likely N-dealkylation sites (N-methyl/N-ethyl adjacent to an activating group) is 1. The smallest absolute Gasteiger partial charge is 0.335 e. The molecule has 4 heterocycles. The van der Waals surface area contributed by atoms with Crippen molar-refractivity contribution in [2.45, 2.75) is 278 Å². The predicted molar refractivity (Wildman–Crippen MR) is 504 cm³/mol. The molecule has 1 aromatic carbocycles. The van der Waals surface area contributed by atoms with Crippen LogP contribution in [0.4, 0.5) is 0 Å². The van der Waals surface area contributed by atoms with Crippen molar-refractivity contribution in [1.29, 1.82) is 0 Å². The maximum Gasteiger partial charge on any atom is 0.335 e. The summed E-state index contributed by atoms with van der Waals surface area (Å²) >= 11 is 1.78. The molecule has 25 atom stereocenters. The summed E-state index contributed by atoms with van der Waals surface area (Å²) in [5.41, 5.74) is 0.428. The molecule has 0 spiro atoms. The van der Waals surface area contributed by atoms with Gasteiger partial charge in [0.15, 0.2) is 12.1 Å². The molecule has 49 nitrogen and oxygen atoms in total. The molecule has 52 heteroatoms. The molecule has 5 rings (SSSR count). The van der Waals surface area contributed by atoms with E-state index in [2.05, 4.69) is 95.7 Å². The number of aliphatic hydroxyl groups excluding tert-OH is 3. The van der Waals surface area contributed by atoms with Crippen LogP contribution in [-0.4, -0.2) is 373 Å². The van der Waals surface area contributed by atoms with E-state index in [9.17, 15) is 88.2 Å². The Morgan fingerprint density at radius 1 is 0.446 bits per heavy atom. The van der Waals surface area contributed by atoms with Gasteiger partial charge in [0.05, 0.1) is 53.4 Å². The van der Waals surface area contributed by atoms with Crippen molar-refractivity contribution in [2.75, 3.05) is 71.2 Å². The minimum atomic E-state index is -2.97. The molecule has 0 saturated carbocycles. The van der Waals surface area contributed by atoms with Crippen molar-refractivity contribution in [1.82, 2.24) is 106 Å². The second-order valence-corrected chi connectivity index (χ2v) is 40.7. The number of fused-ring (bicyclic) bond motifs is 21. The van der Waals surface area contributed by atoms with Gasteiger partial charge < -0.3 is 141 Å². The van der Waals surface area contributed by atoms with Gasteiger partial charge in [-0.05, 0) is 68.9 Å². The Kier molecular flexibility index (Phi) is 47.5. The highest BCUT2D eigenvalue weighted by Gasteiger charge is 2.46.